The van der Waals surface area contributed by atoms with Gasteiger partial charge in [-0.25, -0.2) is 0 Å². The van der Waals surface area contributed by atoms with Crippen LogP contribution < -0.4 is 0 Å². The van der Waals surface area contributed by atoms with Gasteiger partial charge in [-0.05, 0) is 38.5 Å². The van der Waals surface area contributed by atoms with Crippen LogP contribution >= 0.6 is 0 Å². The smallest absolute Gasteiger partial charge is 0.0800 e. The molecule has 0 aromatic carbocycles. The predicted molar refractivity (Wildman–Crippen MR) is 90.8 cm³/mol. The number of unbranched alkanes of at least 4 members (excludes halogenated alkanes) is 4. The van der Waals surface area contributed by atoms with Gasteiger partial charge in [0.05, 0.1) is 24.4 Å². The summed E-state index contributed by atoms with van der Waals surface area (Å²) in [4.78, 5) is 0. The third kappa shape index (κ3) is 12.4. The molecule has 4 heteroatoms. The van der Waals surface area contributed by atoms with E-state index in [9.17, 15) is 20.4 Å². The van der Waals surface area contributed by atoms with Crippen LogP contribution in [0.1, 0.15) is 90.9 Å². The Morgan fingerprint density at radius 3 is 1.18 bits per heavy atom. The highest BCUT2D eigenvalue weighted by Gasteiger charge is 2.18. The Balaban J connectivity index is 3.70. The number of hydrogen-bond acceptors (Lipinski definition) is 4. The van der Waals surface area contributed by atoms with Crippen molar-refractivity contribution in [1.82, 2.24) is 0 Å². The van der Waals surface area contributed by atoms with Crippen LogP contribution in [-0.4, -0.2) is 44.8 Å². The van der Waals surface area contributed by atoms with E-state index >= 15 is 0 Å². The third-order valence-electron chi connectivity index (χ3n) is 4.32. The van der Waals surface area contributed by atoms with Gasteiger partial charge in [0.1, 0.15) is 0 Å². The van der Waals surface area contributed by atoms with E-state index in [1.807, 2.05) is 0 Å². The molecule has 4 atom stereocenters. The maximum atomic E-state index is 9.92. The molecule has 134 valence electrons. The monoisotopic (exact) mass is 318 g/mol. The van der Waals surface area contributed by atoms with Crippen molar-refractivity contribution in [1.29, 1.82) is 0 Å². The minimum absolute atomic E-state index is 0.381. The summed E-state index contributed by atoms with van der Waals surface area (Å²) in [5.41, 5.74) is 0. The standard InChI is InChI=1S/C18H38O4/c1-3-5-7-9-15(19)11-13-17(21)18(22)14-12-16(20)10-8-6-4-2/h15-22H,3-14H2,1-2H3. The van der Waals surface area contributed by atoms with Gasteiger partial charge in [-0.2, -0.15) is 0 Å². The van der Waals surface area contributed by atoms with Crippen molar-refractivity contribution in [2.75, 3.05) is 0 Å². The number of aliphatic hydroxyl groups excluding tert-OH is 4. The van der Waals surface area contributed by atoms with Gasteiger partial charge in [-0.15, -0.1) is 0 Å². The highest BCUT2D eigenvalue weighted by Crippen LogP contribution is 2.15. The van der Waals surface area contributed by atoms with E-state index < -0.39 is 12.2 Å². The van der Waals surface area contributed by atoms with Crippen molar-refractivity contribution < 1.29 is 20.4 Å². The second kappa shape index (κ2) is 14.4. The first-order valence-electron chi connectivity index (χ1n) is 9.23. The molecule has 0 heterocycles. The zero-order valence-corrected chi connectivity index (χ0v) is 14.6. The lowest BCUT2D eigenvalue weighted by atomic mass is 9.97. The van der Waals surface area contributed by atoms with E-state index in [-0.39, 0.29) is 12.2 Å². The molecule has 0 fully saturated rings. The van der Waals surface area contributed by atoms with Crippen LogP contribution in [0.25, 0.3) is 0 Å². The van der Waals surface area contributed by atoms with Crippen molar-refractivity contribution >= 4 is 0 Å². The zero-order valence-electron chi connectivity index (χ0n) is 14.6. The van der Waals surface area contributed by atoms with Crippen molar-refractivity contribution in [3.63, 3.8) is 0 Å². The van der Waals surface area contributed by atoms with E-state index in [1.54, 1.807) is 0 Å². The van der Waals surface area contributed by atoms with Crippen LogP contribution in [-0.2, 0) is 0 Å². The average Bonchev–Trinajstić information content (AvgIpc) is 2.50. The normalized spacial score (nSPS) is 17.2. The average molecular weight is 318 g/mol. The van der Waals surface area contributed by atoms with Crippen LogP contribution in [0.15, 0.2) is 0 Å². The second-order valence-electron chi connectivity index (χ2n) is 6.59. The molecule has 0 saturated heterocycles. The van der Waals surface area contributed by atoms with Crippen molar-refractivity contribution in [3.8, 4) is 0 Å². The largest absolute Gasteiger partial charge is 0.393 e. The van der Waals surface area contributed by atoms with E-state index in [4.69, 9.17) is 0 Å². The maximum absolute atomic E-state index is 9.92. The fourth-order valence-electron chi connectivity index (χ4n) is 2.66. The Kier molecular flexibility index (Phi) is 14.3. The topological polar surface area (TPSA) is 80.9 Å². The summed E-state index contributed by atoms with van der Waals surface area (Å²) in [6.07, 6.45) is 7.61. The van der Waals surface area contributed by atoms with Crippen molar-refractivity contribution in [2.24, 2.45) is 0 Å². The van der Waals surface area contributed by atoms with Crippen LogP contribution in [0.5, 0.6) is 0 Å². The summed E-state index contributed by atoms with van der Waals surface area (Å²) in [6.45, 7) is 4.26. The maximum Gasteiger partial charge on any atom is 0.0800 e. The van der Waals surface area contributed by atoms with Crippen molar-refractivity contribution in [2.45, 2.75) is 115 Å². The Morgan fingerprint density at radius 1 is 0.500 bits per heavy atom. The first-order valence-corrected chi connectivity index (χ1v) is 9.23. The first kappa shape index (κ1) is 21.8. The Morgan fingerprint density at radius 2 is 0.864 bits per heavy atom. The lowest BCUT2D eigenvalue weighted by Crippen LogP contribution is -2.28. The van der Waals surface area contributed by atoms with Crippen LogP contribution in [0.2, 0.25) is 0 Å². The number of hydrogen-bond donors (Lipinski definition) is 4. The molecule has 0 spiro atoms. The summed E-state index contributed by atoms with van der Waals surface area (Å²) in [7, 11) is 0. The molecule has 0 aromatic rings. The molecule has 0 aromatic heterocycles. The SMILES string of the molecule is CCCCCC(O)CCC(O)C(O)CCC(O)CCCCC. The summed E-state index contributed by atoms with van der Waals surface area (Å²) >= 11 is 0. The zero-order chi connectivity index (χ0) is 16.8. The van der Waals surface area contributed by atoms with Gasteiger partial charge in [0, 0.05) is 0 Å². The molecule has 0 amide bonds. The summed E-state index contributed by atoms with van der Waals surface area (Å²) in [5, 5.41) is 39.5. The number of rotatable bonds is 15. The molecule has 0 bridgehead atoms. The van der Waals surface area contributed by atoms with Gasteiger partial charge in [-0.3, -0.25) is 0 Å². The van der Waals surface area contributed by atoms with Crippen LogP contribution in [0.3, 0.4) is 0 Å². The van der Waals surface area contributed by atoms with Gasteiger partial charge in [-0.1, -0.05) is 52.4 Å². The fraction of sp³-hybridized carbons (Fsp3) is 1.00. The molecule has 4 nitrogen and oxygen atoms in total. The summed E-state index contributed by atoms with van der Waals surface area (Å²) in [6, 6.07) is 0. The minimum atomic E-state index is -0.802. The van der Waals surface area contributed by atoms with Crippen LogP contribution in [0.4, 0.5) is 0 Å². The van der Waals surface area contributed by atoms with E-state index in [0.717, 1.165) is 51.4 Å². The van der Waals surface area contributed by atoms with E-state index in [1.165, 1.54) is 0 Å². The van der Waals surface area contributed by atoms with Gasteiger partial charge >= 0.3 is 0 Å². The molecule has 0 radical (unpaired) electrons. The molecule has 0 saturated carbocycles. The molecule has 4 unspecified atom stereocenters. The van der Waals surface area contributed by atoms with Crippen LogP contribution in [0, 0.1) is 0 Å². The Hall–Kier alpha value is -0.160. The molecule has 0 aliphatic heterocycles. The Bertz CT molecular complexity index is 211. The lowest BCUT2D eigenvalue weighted by Gasteiger charge is -2.20. The number of aliphatic hydroxyl groups is 4. The first-order chi connectivity index (χ1) is 10.5. The molecule has 22 heavy (non-hydrogen) atoms. The molecule has 0 rings (SSSR count). The van der Waals surface area contributed by atoms with Gasteiger partial charge in [0.2, 0.25) is 0 Å². The van der Waals surface area contributed by atoms with E-state index in [0.29, 0.717) is 25.7 Å². The highest BCUT2D eigenvalue weighted by molar-refractivity contribution is 4.71. The van der Waals surface area contributed by atoms with Crippen molar-refractivity contribution in [3.05, 3.63) is 0 Å². The molecular weight excluding hydrogens is 280 g/mol. The predicted octanol–water partition coefficient (Wildman–Crippen LogP) is 3.15. The third-order valence-corrected chi connectivity index (χ3v) is 4.32. The van der Waals surface area contributed by atoms with Gasteiger partial charge in [0.25, 0.3) is 0 Å². The molecule has 0 aliphatic carbocycles. The molecule has 0 aliphatic rings. The summed E-state index contributed by atoms with van der Waals surface area (Å²) < 4.78 is 0. The van der Waals surface area contributed by atoms with E-state index in [2.05, 4.69) is 13.8 Å². The van der Waals surface area contributed by atoms with Gasteiger partial charge < -0.3 is 20.4 Å². The summed E-state index contributed by atoms with van der Waals surface area (Å²) in [5.74, 6) is 0. The molecule has 4 N–H and O–H groups in total. The molecular formula is C18H38O4. The quantitative estimate of drug-likeness (QED) is 0.350. The van der Waals surface area contributed by atoms with Gasteiger partial charge in [0.15, 0.2) is 0 Å². The Labute approximate surface area is 136 Å². The second-order valence-corrected chi connectivity index (χ2v) is 6.59. The lowest BCUT2D eigenvalue weighted by molar-refractivity contribution is -0.00699. The minimum Gasteiger partial charge on any atom is -0.393 e. The fourth-order valence-corrected chi connectivity index (χ4v) is 2.66. The highest BCUT2D eigenvalue weighted by atomic mass is 16.3.